The highest BCUT2D eigenvalue weighted by Crippen LogP contribution is 2.29. The van der Waals surface area contributed by atoms with Crippen LogP contribution in [0, 0.1) is 0 Å². The minimum Gasteiger partial charge on any atom is -0.493 e. The van der Waals surface area contributed by atoms with Crippen molar-refractivity contribution in [2.24, 2.45) is 0 Å². The average Bonchev–Trinajstić information content (AvgIpc) is 3.06. The van der Waals surface area contributed by atoms with Gasteiger partial charge >= 0.3 is 0 Å². The summed E-state index contributed by atoms with van der Waals surface area (Å²) in [7, 11) is 4.98. The number of hydrogen-bond donors (Lipinski definition) is 2. The number of aliphatic hydroxyl groups is 1. The van der Waals surface area contributed by atoms with E-state index in [1.165, 1.54) is 25.1 Å². The Hall–Kier alpha value is -2.65. The Kier molecular flexibility index (Phi) is 6.39. The minimum atomic E-state index is -0.857. The summed E-state index contributed by atoms with van der Waals surface area (Å²) < 4.78 is 12.0. The van der Waals surface area contributed by atoms with Crippen molar-refractivity contribution in [3.05, 3.63) is 28.8 Å². The molecule has 1 saturated heterocycles. The van der Waals surface area contributed by atoms with E-state index in [0.717, 1.165) is 6.54 Å². The average molecular weight is 404 g/mol. The maximum absolute atomic E-state index is 12.7. The highest BCUT2D eigenvalue weighted by atomic mass is 16.5. The molecule has 0 aliphatic carbocycles. The number of likely N-dealkylation sites (tertiary alicyclic amines) is 1. The number of fused-ring (bicyclic) bond motifs is 1. The van der Waals surface area contributed by atoms with Crippen molar-refractivity contribution in [1.29, 1.82) is 0 Å². The van der Waals surface area contributed by atoms with E-state index in [-0.39, 0.29) is 24.4 Å². The van der Waals surface area contributed by atoms with Crippen LogP contribution in [-0.4, -0.2) is 72.0 Å². The van der Waals surface area contributed by atoms with E-state index in [4.69, 9.17) is 9.47 Å². The molecule has 0 spiro atoms. The van der Waals surface area contributed by atoms with Crippen LogP contribution in [0.1, 0.15) is 19.3 Å². The van der Waals surface area contributed by atoms with Crippen molar-refractivity contribution in [3.8, 4) is 11.5 Å². The second-order valence-corrected chi connectivity index (χ2v) is 7.56. The summed E-state index contributed by atoms with van der Waals surface area (Å²) in [6, 6.07) is 3.28. The summed E-state index contributed by atoms with van der Waals surface area (Å²) in [6.07, 6.45) is 2.88. The summed E-state index contributed by atoms with van der Waals surface area (Å²) in [6.45, 7) is 1.99. The van der Waals surface area contributed by atoms with Gasteiger partial charge in [-0.1, -0.05) is 0 Å². The molecule has 0 bridgehead atoms. The molecule has 1 aliphatic rings. The molecule has 9 heteroatoms. The number of amides is 1. The number of β-amino-alcohol motifs (C(OH)–C–C–N with tert-alkyl or cyclic N) is 1. The van der Waals surface area contributed by atoms with Gasteiger partial charge in [0.25, 0.3) is 5.56 Å². The summed E-state index contributed by atoms with van der Waals surface area (Å²) >= 11 is 0. The zero-order chi connectivity index (χ0) is 21.0. The van der Waals surface area contributed by atoms with Gasteiger partial charge in [0.1, 0.15) is 0 Å². The molecule has 1 atom stereocenters. The van der Waals surface area contributed by atoms with E-state index in [1.54, 1.807) is 12.1 Å². The maximum Gasteiger partial charge on any atom is 0.261 e. The molecule has 2 aromatic rings. The number of rotatable bonds is 8. The molecule has 29 heavy (non-hydrogen) atoms. The number of benzene rings is 1. The minimum absolute atomic E-state index is 0.138. The van der Waals surface area contributed by atoms with Crippen LogP contribution < -0.4 is 20.3 Å². The predicted octanol–water partition coefficient (Wildman–Crippen LogP) is 0.377. The van der Waals surface area contributed by atoms with E-state index in [9.17, 15) is 14.7 Å². The van der Waals surface area contributed by atoms with Gasteiger partial charge in [-0.3, -0.25) is 14.2 Å². The topological polar surface area (TPSA) is 106 Å². The number of aryl methyl sites for hydroxylation is 1. The third-order valence-corrected chi connectivity index (χ3v) is 5.27. The summed E-state index contributed by atoms with van der Waals surface area (Å²) in [5.41, 5.74) is -0.528. The van der Waals surface area contributed by atoms with Crippen molar-refractivity contribution >= 4 is 16.8 Å². The Morgan fingerprint density at radius 3 is 2.69 bits per heavy atom. The molecule has 1 aliphatic heterocycles. The SMILES string of the molecule is COc1cc2ncn(CCCC(=O)NCC3(O)CCN(C)C3)c(=O)c2cc1OC. The number of carbonyl (C=O) groups excluding carboxylic acids is 1. The van der Waals surface area contributed by atoms with Gasteiger partial charge in [-0.25, -0.2) is 4.98 Å². The molecule has 0 saturated carbocycles. The third-order valence-electron chi connectivity index (χ3n) is 5.27. The molecular weight excluding hydrogens is 376 g/mol. The summed E-state index contributed by atoms with van der Waals surface area (Å²) in [4.78, 5) is 31.2. The lowest BCUT2D eigenvalue weighted by atomic mass is 10.0. The highest BCUT2D eigenvalue weighted by molar-refractivity contribution is 5.81. The quantitative estimate of drug-likeness (QED) is 0.655. The Morgan fingerprint density at radius 1 is 1.31 bits per heavy atom. The molecule has 3 rings (SSSR count). The van der Waals surface area contributed by atoms with Crippen LogP contribution in [0.5, 0.6) is 11.5 Å². The molecule has 2 N–H and O–H groups in total. The third kappa shape index (κ3) is 4.86. The van der Waals surface area contributed by atoms with Crippen molar-refractivity contribution in [1.82, 2.24) is 19.8 Å². The van der Waals surface area contributed by atoms with Gasteiger partial charge in [-0.05, 0) is 26.0 Å². The van der Waals surface area contributed by atoms with Gasteiger partial charge in [0, 0.05) is 38.7 Å². The largest absolute Gasteiger partial charge is 0.493 e. The fourth-order valence-electron chi connectivity index (χ4n) is 3.61. The lowest BCUT2D eigenvalue weighted by Crippen LogP contribution is -2.44. The summed E-state index contributed by atoms with van der Waals surface area (Å²) in [5, 5.41) is 13.6. The van der Waals surface area contributed by atoms with Gasteiger partial charge < -0.3 is 24.8 Å². The smallest absolute Gasteiger partial charge is 0.261 e. The van der Waals surface area contributed by atoms with Gasteiger partial charge in [0.2, 0.25) is 5.91 Å². The van der Waals surface area contributed by atoms with Crippen LogP contribution in [0.25, 0.3) is 10.9 Å². The Labute approximate surface area is 169 Å². The lowest BCUT2D eigenvalue weighted by Gasteiger charge is -2.22. The van der Waals surface area contributed by atoms with E-state index in [2.05, 4.69) is 10.3 Å². The van der Waals surface area contributed by atoms with Gasteiger partial charge in [-0.15, -0.1) is 0 Å². The van der Waals surface area contributed by atoms with Crippen LogP contribution in [-0.2, 0) is 11.3 Å². The highest BCUT2D eigenvalue weighted by Gasteiger charge is 2.34. The van der Waals surface area contributed by atoms with Crippen molar-refractivity contribution in [2.45, 2.75) is 31.4 Å². The molecule has 158 valence electrons. The molecule has 0 radical (unpaired) electrons. The first-order chi connectivity index (χ1) is 13.8. The molecule has 1 fully saturated rings. The van der Waals surface area contributed by atoms with Crippen LogP contribution in [0.4, 0.5) is 0 Å². The fraction of sp³-hybridized carbons (Fsp3) is 0.550. The van der Waals surface area contributed by atoms with E-state index in [1.807, 2.05) is 11.9 Å². The first-order valence-electron chi connectivity index (χ1n) is 9.64. The molecular formula is C20H28N4O5. The molecule has 1 unspecified atom stereocenters. The van der Waals surface area contributed by atoms with Crippen LogP contribution in [0.15, 0.2) is 23.3 Å². The number of aromatic nitrogens is 2. The molecule has 1 aromatic heterocycles. The van der Waals surface area contributed by atoms with Crippen LogP contribution >= 0.6 is 0 Å². The lowest BCUT2D eigenvalue weighted by molar-refractivity contribution is -0.122. The number of likely N-dealkylation sites (N-methyl/N-ethyl adjacent to an activating group) is 1. The number of nitrogens with one attached hydrogen (secondary N) is 1. The first-order valence-corrected chi connectivity index (χ1v) is 9.64. The zero-order valence-electron chi connectivity index (χ0n) is 17.1. The number of methoxy groups -OCH3 is 2. The zero-order valence-corrected chi connectivity index (χ0v) is 17.1. The van der Waals surface area contributed by atoms with Crippen molar-refractivity contribution < 1.29 is 19.4 Å². The van der Waals surface area contributed by atoms with Crippen LogP contribution in [0.3, 0.4) is 0 Å². The standard InChI is InChI=1S/C20H28N4O5/c1-23-8-6-20(27,12-23)11-21-18(25)5-4-7-24-13-22-15-10-17(29-3)16(28-2)9-14(15)19(24)26/h9-10,13,27H,4-8,11-12H2,1-3H3,(H,21,25). The number of nitrogens with zero attached hydrogens (tertiary/aromatic N) is 3. The summed E-state index contributed by atoms with van der Waals surface area (Å²) in [5.74, 6) is 0.837. The molecule has 1 amide bonds. The van der Waals surface area contributed by atoms with Gasteiger partial charge in [0.05, 0.1) is 37.1 Å². The normalized spacial score (nSPS) is 19.4. The molecule has 2 heterocycles. The maximum atomic E-state index is 12.7. The van der Waals surface area contributed by atoms with Crippen molar-refractivity contribution in [3.63, 3.8) is 0 Å². The van der Waals surface area contributed by atoms with Crippen molar-refractivity contribution in [2.75, 3.05) is 40.9 Å². The monoisotopic (exact) mass is 404 g/mol. The van der Waals surface area contributed by atoms with Gasteiger partial charge in [-0.2, -0.15) is 0 Å². The predicted molar refractivity (Wildman–Crippen MR) is 108 cm³/mol. The van der Waals surface area contributed by atoms with E-state index in [0.29, 0.717) is 48.3 Å². The van der Waals surface area contributed by atoms with Gasteiger partial charge in [0.15, 0.2) is 11.5 Å². The number of carbonyl (C=O) groups is 1. The Balaban J connectivity index is 1.58. The molecule has 1 aromatic carbocycles. The molecule has 9 nitrogen and oxygen atoms in total. The second kappa shape index (κ2) is 8.79. The van der Waals surface area contributed by atoms with E-state index >= 15 is 0 Å². The second-order valence-electron chi connectivity index (χ2n) is 7.56. The Morgan fingerprint density at radius 2 is 2.03 bits per heavy atom. The first kappa shape index (κ1) is 21.1. The van der Waals surface area contributed by atoms with E-state index < -0.39 is 5.60 Å². The Bertz CT molecular complexity index is 944. The fourth-order valence-corrected chi connectivity index (χ4v) is 3.61. The van der Waals surface area contributed by atoms with Crippen LogP contribution in [0.2, 0.25) is 0 Å². The number of hydrogen-bond acceptors (Lipinski definition) is 7. The number of ether oxygens (including phenoxy) is 2.